The third kappa shape index (κ3) is 5.49. The first kappa shape index (κ1) is 21.3. The van der Waals surface area contributed by atoms with E-state index in [1.54, 1.807) is 13.3 Å². The molecule has 0 saturated heterocycles. The van der Waals surface area contributed by atoms with E-state index in [-0.39, 0.29) is 24.6 Å². The molecule has 27 heavy (non-hydrogen) atoms. The Morgan fingerprint density at radius 1 is 1.22 bits per heavy atom. The molecular weight excluding hydrogens is 362 g/mol. The second kappa shape index (κ2) is 9.80. The van der Waals surface area contributed by atoms with Crippen molar-refractivity contribution in [1.29, 1.82) is 0 Å². The number of carbonyl (C=O) groups is 1. The number of aromatic nitrogens is 2. The molecule has 0 unspecified atom stereocenters. The van der Waals surface area contributed by atoms with Gasteiger partial charge in [0.1, 0.15) is 5.75 Å². The van der Waals surface area contributed by atoms with Crippen LogP contribution in [0.2, 0.25) is 0 Å². The van der Waals surface area contributed by atoms with Crippen LogP contribution in [0.25, 0.3) is 0 Å². The summed E-state index contributed by atoms with van der Waals surface area (Å²) in [5, 5.41) is 10.4. The lowest BCUT2D eigenvalue weighted by Gasteiger charge is -2.30. The molecule has 0 fully saturated rings. The molecule has 2 aromatic rings. The van der Waals surface area contributed by atoms with E-state index in [9.17, 15) is 9.90 Å². The maximum atomic E-state index is 12.6. The zero-order valence-electron chi connectivity index (χ0n) is 16.7. The van der Waals surface area contributed by atoms with E-state index < -0.39 is 0 Å². The number of ether oxygens (including phenoxy) is 1. The molecule has 2 rings (SSSR count). The zero-order valence-corrected chi connectivity index (χ0v) is 17.5. The standard InChI is InChI=1S/C20H29N3O3S/c1-14(2)23(15(3)4)19(25)13-27-20-21-10-17(12-24)22(20)11-16-6-8-18(26-5)9-7-16/h6-10,14-15,24H,11-13H2,1-5H3. The Morgan fingerprint density at radius 3 is 2.37 bits per heavy atom. The van der Waals surface area contributed by atoms with Gasteiger partial charge in [-0.15, -0.1) is 0 Å². The Bertz CT molecular complexity index is 733. The maximum Gasteiger partial charge on any atom is 0.233 e. The zero-order chi connectivity index (χ0) is 20.0. The highest BCUT2D eigenvalue weighted by atomic mass is 32.2. The fraction of sp³-hybridized carbons (Fsp3) is 0.500. The maximum absolute atomic E-state index is 12.6. The first-order valence-electron chi connectivity index (χ1n) is 9.09. The van der Waals surface area contributed by atoms with Crippen molar-refractivity contribution in [3.63, 3.8) is 0 Å². The molecule has 0 radical (unpaired) electrons. The summed E-state index contributed by atoms with van der Waals surface area (Å²) in [6.07, 6.45) is 1.67. The van der Waals surface area contributed by atoms with E-state index in [0.717, 1.165) is 22.2 Å². The molecule has 0 aliphatic heterocycles. The van der Waals surface area contributed by atoms with E-state index in [4.69, 9.17) is 4.74 Å². The number of benzene rings is 1. The normalized spacial score (nSPS) is 11.3. The number of hydrogen-bond donors (Lipinski definition) is 1. The van der Waals surface area contributed by atoms with E-state index in [1.165, 1.54) is 11.8 Å². The van der Waals surface area contributed by atoms with Crippen molar-refractivity contribution in [2.24, 2.45) is 0 Å². The highest BCUT2D eigenvalue weighted by Crippen LogP contribution is 2.22. The van der Waals surface area contributed by atoms with Crippen molar-refractivity contribution in [3.8, 4) is 5.75 Å². The lowest BCUT2D eigenvalue weighted by Crippen LogP contribution is -2.43. The minimum atomic E-state index is -0.0955. The quantitative estimate of drug-likeness (QED) is 0.665. The van der Waals surface area contributed by atoms with Gasteiger partial charge in [-0.05, 0) is 45.4 Å². The number of nitrogens with zero attached hydrogens (tertiary/aromatic N) is 3. The van der Waals surface area contributed by atoms with E-state index in [2.05, 4.69) is 4.98 Å². The van der Waals surface area contributed by atoms with Crippen LogP contribution in [0.4, 0.5) is 0 Å². The number of methoxy groups -OCH3 is 1. The molecule has 1 N–H and O–H groups in total. The minimum Gasteiger partial charge on any atom is -0.497 e. The van der Waals surface area contributed by atoms with Crippen molar-refractivity contribution in [3.05, 3.63) is 41.7 Å². The van der Waals surface area contributed by atoms with Gasteiger partial charge in [-0.25, -0.2) is 4.98 Å². The molecule has 0 atom stereocenters. The Balaban J connectivity index is 2.13. The molecule has 0 aliphatic carbocycles. The molecule has 7 heteroatoms. The van der Waals surface area contributed by atoms with Crippen LogP contribution in [-0.4, -0.2) is 50.4 Å². The van der Waals surface area contributed by atoms with Crippen LogP contribution in [0.3, 0.4) is 0 Å². The molecule has 1 amide bonds. The number of thioether (sulfide) groups is 1. The summed E-state index contributed by atoms with van der Waals surface area (Å²) in [6.45, 7) is 8.58. The third-order valence-electron chi connectivity index (χ3n) is 4.29. The summed E-state index contributed by atoms with van der Waals surface area (Å²) in [5.74, 6) is 1.21. The Labute approximate surface area is 165 Å². The molecule has 1 heterocycles. The fourth-order valence-electron chi connectivity index (χ4n) is 3.09. The highest BCUT2D eigenvalue weighted by molar-refractivity contribution is 7.99. The van der Waals surface area contributed by atoms with Crippen molar-refractivity contribution in [2.45, 2.75) is 58.1 Å². The number of carbonyl (C=O) groups excluding carboxylic acids is 1. The van der Waals surface area contributed by atoms with Gasteiger partial charge in [0.05, 0.1) is 31.4 Å². The van der Waals surface area contributed by atoms with Gasteiger partial charge in [0, 0.05) is 18.6 Å². The molecule has 0 bridgehead atoms. The first-order valence-corrected chi connectivity index (χ1v) is 10.1. The molecule has 0 saturated carbocycles. The van der Waals surface area contributed by atoms with Gasteiger partial charge in [-0.3, -0.25) is 4.79 Å². The first-order chi connectivity index (χ1) is 12.9. The van der Waals surface area contributed by atoms with Gasteiger partial charge in [0.2, 0.25) is 5.91 Å². The summed E-state index contributed by atoms with van der Waals surface area (Å²) in [6, 6.07) is 8.10. The van der Waals surface area contributed by atoms with Crippen LogP contribution < -0.4 is 4.74 Å². The molecule has 0 aliphatic rings. The van der Waals surface area contributed by atoms with Crippen LogP contribution in [0.15, 0.2) is 35.6 Å². The smallest absolute Gasteiger partial charge is 0.233 e. The number of rotatable bonds is 9. The van der Waals surface area contributed by atoms with Crippen LogP contribution in [0.5, 0.6) is 5.75 Å². The second-order valence-electron chi connectivity index (χ2n) is 6.90. The van der Waals surface area contributed by atoms with Crippen molar-refractivity contribution in [2.75, 3.05) is 12.9 Å². The monoisotopic (exact) mass is 391 g/mol. The topological polar surface area (TPSA) is 67.6 Å². The van der Waals surface area contributed by atoms with Gasteiger partial charge in [0.15, 0.2) is 5.16 Å². The largest absolute Gasteiger partial charge is 0.497 e. The molecule has 0 spiro atoms. The fourth-order valence-corrected chi connectivity index (χ4v) is 3.96. The van der Waals surface area contributed by atoms with Crippen molar-refractivity contribution >= 4 is 17.7 Å². The average molecular weight is 392 g/mol. The molecule has 148 valence electrons. The van der Waals surface area contributed by atoms with Crippen LogP contribution >= 0.6 is 11.8 Å². The van der Waals surface area contributed by atoms with Gasteiger partial charge in [-0.2, -0.15) is 0 Å². The number of aliphatic hydroxyl groups is 1. The molecule has 1 aromatic carbocycles. The predicted octanol–water partition coefficient (Wildman–Crippen LogP) is 3.17. The number of amides is 1. The summed E-state index contributed by atoms with van der Waals surface area (Å²) >= 11 is 1.41. The van der Waals surface area contributed by atoms with E-state index in [0.29, 0.717) is 12.3 Å². The molecule has 6 nitrogen and oxygen atoms in total. The number of hydrogen-bond acceptors (Lipinski definition) is 5. The summed E-state index contributed by atoms with van der Waals surface area (Å²) in [7, 11) is 1.64. The minimum absolute atomic E-state index is 0.0922. The van der Waals surface area contributed by atoms with Crippen molar-refractivity contribution in [1.82, 2.24) is 14.5 Å². The summed E-state index contributed by atoms with van der Waals surface area (Å²) < 4.78 is 7.15. The summed E-state index contributed by atoms with van der Waals surface area (Å²) in [4.78, 5) is 18.9. The SMILES string of the molecule is COc1ccc(Cn2c(CO)cnc2SCC(=O)N(C(C)C)C(C)C)cc1. The predicted molar refractivity (Wildman–Crippen MR) is 108 cm³/mol. The van der Waals surface area contributed by atoms with Gasteiger partial charge in [0.25, 0.3) is 0 Å². The van der Waals surface area contributed by atoms with E-state index >= 15 is 0 Å². The molecule has 1 aromatic heterocycles. The van der Waals surface area contributed by atoms with Crippen LogP contribution in [0.1, 0.15) is 39.0 Å². The average Bonchev–Trinajstić information content (AvgIpc) is 3.01. The van der Waals surface area contributed by atoms with Crippen LogP contribution in [0, 0.1) is 0 Å². The lowest BCUT2D eigenvalue weighted by molar-refractivity contribution is -0.131. The second-order valence-corrected chi connectivity index (χ2v) is 7.84. The number of imidazole rings is 1. The Kier molecular flexibility index (Phi) is 7.74. The molecular formula is C20H29N3O3S. The van der Waals surface area contributed by atoms with Gasteiger partial charge < -0.3 is 19.3 Å². The highest BCUT2D eigenvalue weighted by Gasteiger charge is 2.21. The third-order valence-corrected chi connectivity index (χ3v) is 5.26. The van der Waals surface area contributed by atoms with Crippen LogP contribution in [-0.2, 0) is 17.9 Å². The number of aliphatic hydroxyl groups excluding tert-OH is 1. The van der Waals surface area contributed by atoms with E-state index in [1.807, 2.05) is 61.4 Å². The lowest BCUT2D eigenvalue weighted by atomic mass is 10.2. The van der Waals surface area contributed by atoms with Gasteiger partial charge >= 0.3 is 0 Å². The summed E-state index contributed by atoms with van der Waals surface area (Å²) in [5.41, 5.74) is 1.80. The van der Waals surface area contributed by atoms with Gasteiger partial charge in [-0.1, -0.05) is 23.9 Å². The Hall–Kier alpha value is -1.99. The van der Waals surface area contributed by atoms with Crippen molar-refractivity contribution < 1.29 is 14.6 Å². The Morgan fingerprint density at radius 2 is 1.85 bits per heavy atom.